The zero-order valence-corrected chi connectivity index (χ0v) is 21.3. The SMILES string of the molecule is CCCCS(=O)(=O)NC(=O)c1cn(Cc2ccc(C3(OC)CCCCC3)cc2Cl)c(CC)n1. The molecule has 0 atom stereocenters. The Morgan fingerprint density at radius 1 is 1.24 bits per heavy atom. The molecule has 1 amide bonds. The molecule has 7 nitrogen and oxygen atoms in total. The molecular formula is C24H34ClN3O4S. The molecule has 3 rings (SSSR count). The van der Waals surface area contributed by atoms with Gasteiger partial charge < -0.3 is 9.30 Å². The molecule has 182 valence electrons. The number of benzene rings is 1. The first kappa shape index (κ1) is 25.7. The van der Waals surface area contributed by atoms with Crippen LogP contribution >= 0.6 is 11.6 Å². The number of unbranched alkanes of at least 4 members (excludes halogenated alkanes) is 1. The van der Waals surface area contributed by atoms with Gasteiger partial charge in [-0.25, -0.2) is 18.1 Å². The maximum Gasteiger partial charge on any atom is 0.284 e. The van der Waals surface area contributed by atoms with E-state index in [0.717, 1.165) is 43.2 Å². The fourth-order valence-electron chi connectivity index (χ4n) is 4.44. The van der Waals surface area contributed by atoms with Crippen LogP contribution in [-0.2, 0) is 33.3 Å². The number of nitrogens with zero attached hydrogens (tertiary/aromatic N) is 2. The van der Waals surface area contributed by atoms with Crippen LogP contribution < -0.4 is 4.72 Å². The highest BCUT2D eigenvalue weighted by Gasteiger charge is 2.34. The van der Waals surface area contributed by atoms with Gasteiger partial charge in [0.05, 0.1) is 17.9 Å². The van der Waals surface area contributed by atoms with E-state index >= 15 is 0 Å². The van der Waals surface area contributed by atoms with Crippen LogP contribution in [0, 0.1) is 0 Å². The first-order chi connectivity index (χ1) is 15.7. The summed E-state index contributed by atoms with van der Waals surface area (Å²) >= 11 is 6.67. The minimum atomic E-state index is -3.67. The van der Waals surface area contributed by atoms with Gasteiger partial charge in [0.2, 0.25) is 10.0 Å². The number of carbonyl (C=O) groups excluding carboxylic acids is 1. The summed E-state index contributed by atoms with van der Waals surface area (Å²) < 4.78 is 34.1. The molecule has 9 heteroatoms. The predicted octanol–water partition coefficient (Wildman–Crippen LogP) is 4.81. The summed E-state index contributed by atoms with van der Waals surface area (Å²) in [6.45, 7) is 4.27. The van der Waals surface area contributed by atoms with E-state index in [1.54, 1.807) is 13.3 Å². The number of hydrogen-bond acceptors (Lipinski definition) is 5. The Balaban J connectivity index is 1.79. The molecule has 1 aliphatic carbocycles. The average Bonchev–Trinajstić information content (AvgIpc) is 3.22. The molecule has 1 heterocycles. The zero-order valence-electron chi connectivity index (χ0n) is 19.7. The molecule has 1 fully saturated rings. The third-order valence-electron chi connectivity index (χ3n) is 6.39. The lowest BCUT2D eigenvalue weighted by molar-refractivity contribution is -0.0445. The fraction of sp³-hybridized carbons (Fsp3) is 0.583. The highest BCUT2D eigenvalue weighted by Crippen LogP contribution is 2.41. The molecule has 0 bridgehead atoms. The first-order valence-electron chi connectivity index (χ1n) is 11.7. The highest BCUT2D eigenvalue weighted by atomic mass is 35.5. The van der Waals surface area contributed by atoms with Crippen molar-refractivity contribution >= 4 is 27.5 Å². The number of hydrogen-bond donors (Lipinski definition) is 1. The van der Waals surface area contributed by atoms with E-state index in [4.69, 9.17) is 16.3 Å². The molecule has 1 aromatic carbocycles. The van der Waals surface area contributed by atoms with Crippen molar-refractivity contribution in [1.29, 1.82) is 0 Å². The van der Waals surface area contributed by atoms with Gasteiger partial charge in [0.25, 0.3) is 5.91 Å². The maximum atomic E-state index is 12.5. The Labute approximate surface area is 201 Å². The van der Waals surface area contributed by atoms with Crippen molar-refractivity contribution in [2.24, 2.45) is 0 Å². The van der Waals surface area contributed by atoms with Crippen LogP contribution in [0.4, 0.5) is 0 Å². The highest BCUT2D eigenvalue weighted by molar-refractivity contribution is 7.90. The van der Waals surface area contributed by atoms with Crippen LogP contribution in [0.1, 0.15) is 86.2 Å². The summed E-state index contributed by atoms with van der Waals surface area (Å²) in [5, 5.41) is 0.637. The van der Waals surface area contributed by atoms with Gasteiger partial charge in [-0.1, -0.05) is 63.3 Å². The smallest absolute Gasteiger partial charge is 0.284 e. The van der Waals surface area contributed by atoms with Crippen LogP contribution in [-0.4, -0.2) is 36.7 Å². The van der Waals surface area contributed by atoms with Crippen molar-refractivity contribution in [3.8, 4) is 0 Å². The molecule has 1 saturated carbocycles. The number of aryl methyl sites for hydroxylation is 1. The lowest BCUT2D eigenvalue weighted by atomic mass is 9.79. The number of methoxy groups -OCH3 is 1. The Morgan fingerprint density at radius 2 is 1.97 bits per heavy atom. The Bertz CT molecular complexity index is 1080. The number of sulfonamides is 1. The molecule has 1 aromatic heterocycles. The van der Waals surface area contributed by atoms with Crippen molar-refractivity contribution in [2.75, 3.05) is 12.9 Å². The molecule has 2 aromatic rings. The van der Waals surface area contributed by atoms with Gasteiger partial charge in [-0.05, 0) is 36.5 Å². The second-order valence-corrected chi connectivity index (χ2v) is 10.9. The monoisotopic (exact) mass is 495 g/mol. The second-order valence-electron chi connectivity index (χ2n) is 8.69. The lowest BCUT2D eigenvalue weighted by Gasteiger charge is -2.36. The average molecular weight is 496 g/mol. The molecule has 0 saturated heterocycles. The number of aromatic nitrogens is 2. The summed E-state index contributed by atoms with van der Waals surface area (Å²) in [7, 11) is -1.91. The van der Waals surface area contributed by atoms with E-state index in [2.05, 4.69) is 15.8 Å². The number of halogens is 1. The first-order valence-corrected chi connectivity index (χ1v) is 13.7. The molecule has 1 N–H and O–H groups in total. The number of carbonyl (C=O) groups is 1. The summed E-state index contributed by atoms with van der Waals surface area (Å²) in [4.78, 5) is 16.9. The van der Waals surface area contributed by atoms with Gasteiger partial charge in [0.15, 0.2) is 0 Å². The lowest BCUT2D eigenvalue weighted by Crippen LogP contribution is -2.32. The summed E-state index contributed by atoms with van der Waals surface area (Å²) in [6.07, 6.45) is 8.89. The van der Waals surface area contributed by atoms with Gasteiger partial charge in [0, 0.05) is 24.8 Å². The van der Waals surface area contributed by atoms with Crippen LogP contribution in [0.25, 0.3) is 0 Å². The number of imidazole rings is 1. The quantitative estimate of drug-likeness (QED) is 0.510. The van der Waals surface area contributed by atoms with E-state index in [1.807, 2.05) is 30.5 Å². The molecule has 0 spiro atoms. The maximum absolute atomic E-state index is 12.5. The molecule has 33 heavy (non-hydrogen) atoms. The number of nitrogens with one attached hydrogen (secondary N) is 1. The molecule has 1 aliphatic rings. The van der Waals surface area contributed by atoms with Crippen molar-refractivity contribution in [3.05, 3.63) is 52.1 Å². The van der Waals surface area contributed by atoms with Gasteiger partial charge in [-0.2, -0.15) is 0 Å². The minimum absolute atomic E-state index is 0.0818. The third kappa shape index (κ3) is 6.16. The van der Waals surface area contributed by atoms with Crippen LogP contribution in [0.3, 0.4) is 0 Å². The predicted molar refractivity (Wildman–Crippen MR) is 130 cm³/mol. The summed E-state index contributed by atoms with van der Waals surface area (Å²) in [5.41, 5.74) is 1.80. The van der Waals surface area contributed by atoms with E-state index in [-0.39, 0.29) is 17.0 Å². The van der Waals surface area contributed by atoms with Crippen LogP contribution in [0.2, 0.25) is 5.02 Å². The summed E-state index contributed by atoms with van der Waals surface area (Å²) in [5.74, 6) is -0.103. The van der Waals surface area contributed by atoms with E-state index in [1.165, 1.54) is 6.42 Å². The minimum Gasteiger partial charge on any atom is -0.374 e. The van der Waals surface area contributed by atoms with Gasteiger partial charge in [-0.3, -0.25) is 4.79 Å². The van der Waals surface area contributed by atoms with Crippen molar-refractivity contribution in [2.45, 2.75) is 77.4 Å². The standard InChI is InChI=1S/C24H34ClN3O4S/c1-4-6-14-33(30,31)27-23(29)21-17-28(22(5-2)26-21)16-18-10-11-19(15-20(18)25)24(32-3)12-8-7-9-13-24/h10-11,15,17H,4-9,12-14,16H2,1-3H3,(H,27,29). The molecule has 0 aliphatic heterocycles. The van der Waals surface area contributed by atoms with E-state index in [9.17, 15) is 13.2 Å². The number of amides is 1. The van der Waals surface area contributed by atoms with Crippen molar-refractivity contribution in [3.63, 3.8) is 0 Å². The molecule has 0 unspecified atom stereocenters. The number of rotatable bonds is 10. The van der Waals surface area contributed by atoms with Gasteiger partial charge >= 0.3 is 0 Å². The number of ether oxygens (including phenoxy) is 1. The van der Waals surface area contributed by atoms with Crippen LogP contribution in [0.15, 0.2) is 24.4 Å². The van der Waals surface area contributed by atoms with E-state index < -0.39 is 15.9 Å². The molecule has 0 radical (unpaired) electrons. The largest absolute Gasteiger partial charge is 0.374 e. The van der Waals surface area contributed by atoms with E-state index in [0.29, 0.717) is 30.2 Å². The fourth-order valence-corrected chi connectivity index (χ4v) is 5.84. The molecular weight excluding hydrogens is 462 g/mol. The Morgan fingerprint density at radius 3 is 2.58 bits per heavy atom. The summed E-state index contributed by atoms with van der Waals surface area (Å²) in [6, 6.07) is 6.07. The van der Waals surface area contributed by atoms with Gasteiger partial charge in [-0.15, -0.1) is 0 Å². The van der Waals surface area contributed by atoms with Crippen LogP contribution in [0.5, 0.6) is 0 Å². The topological polar surface area (TPSA) is 90.3 Å². The van der Waals surface area contributed by atoms with Crippen molar-refractivity contribution < 1.29 is 17.9 Å². The van der Waals surface area contributed by atoms with Gasteiger partial charge in [0.1, 0.15) is 11.5 Å². The third-order valence-corrected chi connectivity index (χ3v) is 8.07. The normalized spacial score (nSPS) is 16.0. The second kappa shape index (κ2) is 11.0. The van der Waals surface area contributed by atoms with Crippen molar-refractivity contribution in [1.82, 2.24) is 14.3 Å². The zero-order chi connectivity index (χ0) is 24.1. The Hall–Kier alpha value is -1.90. The Kier molecular flexibility index (Phi) is 8.59.